The number of aryl methyl sites for hydroxylation is 1. The van der Waals surface area contributed by atoms with Crippen LogP contribution in [0.3, 0.4) is 0 Å². The van der Waals surface area contributed by atoms with Crippen LogP contribution in [0.2, 0.25) is 0 Å². The molecule has 0 spiro atoms. The third-order valence-corrected chi connectivity index (χ3v) is 8.07. The standard InChI is InChI=1S/C27H34N2O6/c1-17(25(31)28-15-24(30)29-13-12-27(33)11-5-4-6-18(27)16-29)34-19-9-10-21-20-7-2-3-8-22(20)26(32)35-23(21)14-19/h9-10,14,17-18,33H,2-8,11-13,15-16H2,1H3,(H,28,31)/t17?,18-,27-/m0/s1. The number of benzene rings is 1. The molecule has 0 radical (unpaired) electrons. The number of amides is 2. The zero-order valence-electron chi connectivity index (χ0n) is 20.3. The monoisotopic (exact) mass is 482 g/mol. The summed E-state index contributed by atoms with van der Waals surface area (Å²) in [5.74, 6) is 0.00965. The lowest BCUT2D eigenvalue weighted by Crippen LogP contribution is -2.56. The van der Waals surface area contributed by atoms with Gasteiger partial charge in [0.25, 0.3) is 5.91 Å². The number of aliphatic hydroxyl groups is 1. The molecule has 2 aliphatic carbocycles. The van der Waals surface area contributed by atoms with Crippen LogP contribution >= 0.6 is 0 Å². The molecule has 1 aromatic heterocycles. The smallest absolute Gasteiger partial charge is 0.339 e. The zero-order chi connectivity index (χ0) is 24.6. The van der Waals surface area contributed by atoms with Crippen molar-refractivity contribution < 1.29 is 23.8 Å². The van der Waals surface area contributed by atoms with Crippen molar-refractivity contribution in [2.45, 2.75) is 76.4 Å². The third-order valence-electron chi connectivity index (χ3n) is 8.07. The van der Waals surface area contributed by atoms with E-state index in [1.165, 1.54) is 0 Å². The van der Waals surface area contributed by atoms with Gasteiger partial charge in [-0.2, -0.15) is 0 Å². The van der Waals surface area contributed by atoms with Crippen LogP contribution < -0.4 is 15.7 Å². The van der Waals surface area contributed by atoms with Gasteiger partial charge in [-0.1, -0.05) is 12.8 Å². The van der Waals surface area contributed by atoms with Gasteiger partial charge in [-0.25, -0.2) is 4.79 Å². The highest BCUT2D eigenvalue weighted by Crippen LogP contribution is 2.39. The van der Waals surface area contributed by atoms with Gasteiger partial charge in [0.1, 0.15) is 11.3 Å². The molecule has 1 aromatic carbocycles. The van der Waals surface area contributed by atoms with E-state index >= 15 is 0 Å². The van der Waals surface area contributed by atoms with Crippen LogP contribution in [0.4, 0.5) is 0 Å². The summed E-state index contributed by atoms with van der Waals surface area (Å²) in [7, 11) is 0. The van der Waals surface area contributed by atoms with E-state index in [0.29, 0.717) is 30.8 Å². The molecule has 2 fully saturated rings. The normalized spacial score (nSPS) is 24.9. The Labute approximate surface area is 204 Å². The Kier molecular flexibility index (Phi) is 6.57. The van der Waals surface area contributed by atoms with E-state index < -0.39 is 17.6 Å². The summed E-state index contributed by atoms with van der Waals surface area (Å²) in [5.41, 5.74) is 1.36. The lowest BCUT2D eigenvalue weighted by molar-refractivity contribution is -0.144. The van der Waals surface area contributed by atoms with Crippen molar-refractivity contribution in [1.29, 1.82) is 0 Å². The van der Waals surface area contributed by atoms with E-state index in [-0.39, 0.29) is 24.0 Å². The molecule has 2 amide bonds. The highest BCUT2D eigenvalue weighted by Gasteiger charge is 2.43. The molecule has 8 heteroatoms. The van der Waals surface area contributed by atoms with Crippen LogP contribution in [0, 0.1) is 5.92 Å². The number of fused-ring (bicyclic) bond motifs is 4. The van der Waals surface area contributed by atoms with Crippen LogP contribution in [0.15, 0.2) is 27.4 Å². The Morgan fingerprint density at radius 3 is 2.83 bits per heavy atom. The topological polar surface area (TPSA) is 109 Å². The maximum atomic E-state index is 12.7. The Balaban J connectivity index is 1.17. The van der Waals surface area contributed by atoms with E-state index in [4.69, 9.17) is 9.15 Å². The van der Waals surface area contributed by atoms with E-state index in [9.17, 15) is 19.5 Å². The maximum absolute atomic E-state index is 12.7. The lowest BCUT2D eigenvalue weighted by atomic mass is 9.71. The molecular weight excluding hydrogens is 448 g/mol. The molecule has 3 aliphatic rings. The number of carbonyl (C=O) groups is 2. The van der Waals surface area contributed by atoms with Gasteiger partial charge in [-0.3, -0.25) is 9.59 Å². The van der Waals surface area contributed by atoms with Gasteiger partial charge < -0.3 is 24.5 Å². The van der Waals surface area contributed by atoms with E-state index in [2.05, 4.69) is 5.32 Å². The largest absolute Gasteiger partial charge is 0.481 e. The number of hydrogen-bond acceptors (Lipinski definition) is 6. The zero-order valence-corrected chi connectivity index (χ0v) is 20.3. The first-order chi connectivity index (χ1) is 16.8. The minimum Gasteiger partial charge on any atom is -0.481 e. The van der Waals surface area contributed by atoms with Crippen molar-refractivity contribution in [1.82, 2.24) is 10.2 Å². The van der Waals surface area contributed by atoms with Crippen LogP contribution in [0.5, 0.6) is 5.75 Å². The molecular formula is C27H34N2O6. The molecule has 0 bridgehead atoms. The summed E-state index contributed by atoms with van der Waals surface area (Å²) in [5, 5.41) is 14.4. The molecule has 1 unspecified atom stereocenters. The van der Waals surface area contributed by atoms with Crippen LogP contribution in [-0.2, 0) is 22.4 Å². The number of ether oxygens (including phenoxy) is 1. The SMILES string of the molecule is CC(Oc1ccc2c3c(c(=O)oc2c1)CCCC3)C(=O)NCC(=O)N1CC[C@@]2(O)CCCC[C@H]2C1. The van der Waals surface area contributed by atoms with E-state index in [1.807, 2.05) is 6.07 Å². The Hall–Kier alpha value is -2.87. The van der Waals surface area contributed by atoms with E-state index in [1.54, 1.807) is 24.0 Å². The van der Waals surface area contributed by atoms with Gasteiger partial charge in [-0.05, 0) is 69.6 Å². The fourth-order valence-electron chi connectivity index (χ4n) is 5.97. The molecule has 1 saturated carbocycles. The van der Waals surface area contributed by atoms with E-state index in [0.717, 1.165) is 67.9 Å². The molecule has 1 saturated heterocycles. The predicted molar refractivity (Wildman–Crippen MR) is 130 cm³/mol. The first kappa shape index (κ1) is 23.9. The average molecular weight is 483 g/mol. The molecule has 3 atom stereocenters. The lowest BCUT2D eigenvalue weighted by Gasteiger charge is -2.47. The summed E-state index contributed by atoms with van der Waals surface area (Å²) in [6.45, 7) is 2.58. The van der Waals surface area contributed by atoms with Crippen molar-refractivity contribution in [2.75, 3.05) is 19.6 Å². The van der Waals surface area contributed by atoms with Crippen LogP contribution in [0.25, 0.3) is 11.0 Å². The van der Waals surface area contributed by atoms with Gasteiger partial charge in [-0.15, -0.1) is 0 Å². The summed E-state index contributed by atoms with van der Waals surface area (Å²) < 4.78 is 11.3. The fourth-order valence-corrected chi connectivity index (χ4v) is 5.97. The van der Waals surface area contributed by atoms with Crippen molar-refractivity contribution in [2.24, 2.45) is 5.92 Å². The fraction of sp³-hybridized carbons (Fsp3) is 0.593. The molecule has 188 valence electrons. The molecule has 2 N–H and O–H groups in total. The second-order valence-corrected chi connectivity index (χ2v) is 10.3. The molecule has 5 rings (SSSR count). The Morgan fingerprint density at radius 1 is 1.20 bits per heavy atom. The third kappa shape index (κ3) is 4.81. The Bertz CT molecular complexity index is 1190. The summed E-state index contributed by atoms with van der Waals surface area (Å²) in [6.07, 6.45) is 7.31. The number of piperidine rings is 1. The first-order valence-electron chi connectivity index (χ1n) is 12.9. The number of likely N-dealkylation sites (tertiary alicyclic amines) is 1. The second kappa shape index (κ2) is 9.64. The number of rotatable bonds is 5. The quantitative estimate of drug-likeness (QED) is 0.635. The molecule has 1 aliphatic heterocycles. The minimum absolute atomic E-state index is 0.101. The van der Waals surface area contributed by atoms with Crippen molar-refractivity contribution in [3.63, 3.8) is 0 Å². The van der Waals surface area contributed by atoms with Crippen LogP contribution in [-0.4, -0.2) is 53.2 Å². The Morgan fingerprint density at radius 2 is 2.00 bits per heavy atom. The summed E-state index contributed by atoms with van der Waals surface area (Å²) >= 11 is 0. The van der Waals surface area contributed by atoms with Gasteiger partial charge >= 0.3 is 5.63 Å². The van der Waals surface area contributed by atoms with Gasteiger partial charge in [0.05, 0.1) is 12.1 Å². The minimum atomic E-state index is -0.825. The van der Waals surface area contributed by atoms with Crippen molar-refractivity contribution in [3.05, 3.63) is 39.7 Å². The van der Waals surface area contributed by atoms with Crippen molar-refractivity contribution in [3.8, 4) is 5.75 Å². The summed E-state index contributed by atoms with van der Waals surface area (Å²) in [6, 6.07) is 5.32. The second-order valence-electron chi connectivity index (χ2n) is 10.3. The molecule has 8 nitrogen and oxygen atoms in total. The van der Waals surface area contributed by atoms with Gasteiger partial charge in [0.2, 0.25) is 5.91 Å². The number of hydrogen-bond donors (Lipinski definition) is 2. The molecule has 2 heterocycles. The first-order valence-corrected chi connectivity index (χ1v) is 12.9. The molecule has 2 aromatic rings. The van der Waals surface area contributed by atoms with Crippen LogP contribution in [0.1, 0.15) is 63.0 Å². The number of nitrogens with zero attached hydrogens (tertiary/aromatic N) is 1. The van der Waals surface area contributed by atoms with Gasteiger partial charge in [0, 0.05) is 36.0 Å². The van der Waals surface area contributed by atoms with Crippen molar-refractivity contribution >= 4 is 22.8 Å². The number of nitrogens with one attached hydrogen (secondary N) is 1. The average Bonchev–Trinajstić information content (AvgIpc) is 2.86. The molecule has 35 heavy (non-hydrogen) atoms. The van der Waals surface area contributed by atoms with Gasteiger partial charge in [0.15, 0.2) is 6.10 Å². The highest BCUT2D eigenvalue weighted by molar-refractivity contribution is 5.87. The predicted octanol–water partition coefficient (Wildman–Crippen LogP) is 2.71. The summed E-state index contributed by atoms with van der Waals surface area (Å²) in [4.78, 5) is 39.4. The number of carbonyl (C=O) groups excluding carboxylic acids is 2. The highest BCUT2D eigenvalue weighted by atomic mass is 16.5. The maximum Gasteiger partial charge on any atom is 0.339 e.